The molecule has 2 rings (SSSR count). The molecule has 0 unspecified atom stereocenters. The second-order valence-corrected chi connectivity index (χ2v) is 3.21. The van der Waals surface area contributed by atoms with Crippen LogP contribution in [0, 0.1) is 18.3 Å². The summed E-state index contributed by atoms with van der Waals surface area (Å²) in [5.74, 6) is 0. The minimum atomic E-state index is 0.661. The first-order chi connectivity index (χ1) is 6.81. The van der Waals surface area contributed by atoms with Crippen LogP contribution in [0.15, 0.2) is 42.6 Å². The molecule has 2 aromatic rings. The minimum absolute atomic E-state index is 0.661. The van der Waals surface area contributed by atoms with Gasteiger partial charge < -0.3 is 4.57 Å². The first kappa shape index (κ1) is 8.58. The van der Waals surface area contributed by atoms with Crippen LogP contribution in [0.1, 0.15) is 11.3 Å². The molecule has 1 aromatic heterocycles. The third-order valence-electron chi connectivity index (χ3n) is 2.18. The largest absolute Gasteiger partial charge is 0.308 e. The van der Waals surface area contributed by atoms with Crippen LogP contribution in [0.2, 0.25) is 0 Å². The summed E-state index contributed by atoms with van der Waals surface area (Å²) in [5, 5.41) is 8.85. The Hall–Kier alpha value is -2.01. The zero-order valence-corrected chi connectivity index (χ0v) is 7.94. The Balaban J connectivity index is 2.50. The highest BCUT2D eigenvalue weighted by atomic mass is 15.0. The third-order valence-corrected chi connectivity index (χ3v) is 2.18. The quantitative estimate of drug-likeness (QED) is 0.666. The first-order valence-electron chi connectivity index (χ1n) is 4.46. The van der Waals surface area contributed by atoms with Crippen LogP contribution in [0.3, 0.4) is 0 Å². The molecule has 2 nitrogen and oxygen atoms in total. The lowest BCUT2D eigenvalue weighted by Gasteiger charge is -2.04. The maximum absolute atomic E-state index is 8.85. The van der Waals surface area contributed by atoms with Gasteiger partial charge in [-0.25, -0.2) is 0 Å². The molecule has 0 aliphatic rings. The first-order valence-corrected chi connectivity index (χ1v) is 4.46. The molecule has 0 amide bonds. The van der Waals surface area contributed by atoms with Gasteiger partial charge in [0.25, 0.3) is 0 Å². The summed E-state index contributed by atoms with van der Waals surface area (Å²) in [6.45, 7) is 2.05. The van der Waals surface area contributed by atoms with Crippen LogP contribution >= 0.6 is 0 Å². The van der Waals surface area contributed by atoms with Gasteiger partial charge in [0.2, 0.25) is 0 Å². The van der Waals surface area contributed by atoms with E-state index in [1.807, 2.05) is 48.0 Å². The average molecular weight is 182 g/mol. The zero-order chi connectivity index (χ0) is 9.97. The van der Waals surface area contributed by atoms with E-state index in [9.17, 15) is 0 Å². The Morgan fingerprint density at radius 1 is 1.14 bits per heavy atom. The molecule has 0 atom stereocenters. The highest BCUT2D eigenvalue weighted by Gasteiger charge is 2.00. The molecule has 1 aromatic carbocycles. The van der Waals surface area contributed by atoms with Crippen molar-refractivity contribution in [3.8, 4) is 11.8 Å². The molecule has 0 radical (unpaired) electrons. The summed E-state index contributed by atoms with van der Waals surface area (Å²) < 4.78 is 1.87. The second kappa shape index (κ2) is 3.39. The molecule has 0 bridgehead atoms. The Bertz CT molecular complexity index is 472. The molecule has 14 heavy (non-hydrogen) atoms. The van der Waals surface area contributed by atoms with Crippen molar-refractivity contribution in [1.82, 2.24) is 4.57 Å². The van der Waals surface area contributed by atoms with E-state index in [0.717, 1.165) is 5.69 Å². The number of aromatic nitrogens is 1. The summed E-state index contributed by atoms with van der Waals surface area (Å²) in [5.41, 5.74) is 2.91. The predicted octanol–water partition coefficient (Wildman–Crippen LogP) is 2.66. The van der Waals surface area contributed by atoms with E-state index >= 15 is 0 Å². The van der Waals surface area contributed by atoms with E-state index in [2.05, 4.69) is 6.07 Å². The Morgan fingerprint density at radius 3 is 2.50 bits per heavy atom. The van der Waals surface area contributed by atoms with Crippen molar-refractivity contribution < 1.29 is 0 Å². The van der Waals surface area contributed by atoms with Crippen molar-refractivity contribution in [3.63, 3.8) is 0 Å². The van der Waals surface area contributed by atoms with E-state index in [4.69, 9.17) is 5.26 Å². The topological polar surface area (TPSA) is 28.7 Å². The normalized spacial score (nSPS) is 9.71. The number of nitriles is 1. The van der Waals surface area contributed by atoms with Gasteiger partial charge in [0.1, 0.15) is 11.8 Å². The Kier molecular flexibility index (Phi) is 2.08. The van der Waals surface area contributed by atoms with Crippen LogP contribution in [0.4, 0.5) is 0 Å². The molecule has 0 aliphatic heterocycles. The zero-order valence-electron chi connectivity index (χ0n) is 7.94. The number of hydrogen-bond donors (Lipinski definition) is 0. The second-order valence-electron chi connectivity index (χ2n) is 3.21. The number of benzene rings is 1. The molecular weight excluding hydrogens is 172 g/mol. The average Bonchev–Trinajstić information content (AvgIpc) is 2.67. The van der Waals surface area contributed by atoms with Gasteiger partial charge >= 0.3 is 0 Å². The van der Waals surface area contributed by atoms with Crippen molar-refractivity contribution in [1.29, 1.82) is 5.26 Å². The number of rotatable bonds is 1. The fraction of sp³-hybridized carbons (Fsp3) is 0.0833. The summed E-state index contributed by atoms with van der Waals surface area (Å²) in [6.07, 6.45) is 1.89. The van der Waals surface area contributed by atoms with Crippen molar-refractivity contribution in [2.75, 3.05) is 0 Å². The maximum Gasteiger partial charge on any atom is 0.124 e. The predicted molar refractivity (Wildman–Crippen MR) is 55.2 cm³/mol. The van der Waals surface area contributed by atoms with Crippen LogP contribution < -0.4 is 0 Å². The molecule has 1 heterocycles. The van der Waals surface area contributed by atoms with Gasteiger partial charge in [-0.05, 0) is 31.2 Å². The van der Waals surface area contributed by atoms with Gasteiger partial charge in [-0.15, -0.1) is 0 Å². The van der Waals surface area contributed by atoms with Crippen LogP contribution in [0.25, 0.3) is 5.69 Å². The van der Waals surface area contributed by atoms with E-state index in [0.29, 0.717) is 5.69 Å². The van der Waals surface area contributed by atoms with Gasteiger partial charge in [-0.2, -0.15) is 5.26 Å². The fourth-order valence-corrected chi connectivity index (χ4v) is 1.40. The molecule has 0 fully saturated rings. The highest BCUT2D eigenvalue weighted by molar-refractivity contribution is 5.40. The summed E-state index contributed by atoms with van der Waals surface area (Å²) in [6, 6.07) is 13.9. The molecule has 2 heteroatoms. The van der Waals surface area contributed by atoms with Gasteiger partial charge in [0.05, 0.1) is 0 Å². The van der Waals surface area contributed by atoms with Crippen LogP contribution in [-0.4, -0.2) is 4.57 Å². The fourth-order valence-electron chi connectivity index (χ4n) is 1.40. The maximum atomic E-state index is 8.85. The van der Waals surface area contributed by atoms with Crippen molar-refractivity contribution in [2.24, 2.45) is 0 Å². The van der Waals surface area contributed by atoms with Crippen molar-refractivity contribution in [3.05, 3.63) is 53.9 Å². The van der Waals surface area contributed by atoms with Gasteiger partial charge in [0.15, 0.2) is 0 Å². The van der Waals surface area contributed by atoms with Gasteiger partial charge in [0, 0.05) is 11.9 Å². The molecule has 0 spiro atoms. The Labute approximate surface area is 83.0 Å². The van der Waals surface area contributed by atoms with E-state index in [-0.39, 0.29) is 0 Å². The Morgan fingerprint density at radius 2 is 1.86 bits per heavy atom. The third kappa shape index (κ3) is 1.40. The molecule has 68 valence electrons. The van der Waals surface area contributed by atoms with Crippen LogP contribution in [0.5, 0.6) is 0 Å². The van der Waals surface area contributed by atoms with Crippen LogP contribution in [-0.2, 0) is 0 Å². The molecular formula is C12H10N2. The smallest absolute Gasteiger partial charge is 0.124 e. The standard InChI is InChI=1S/C12H10N2/c1-10-4-6-11(7-5-10)14-8-2-3-12(14)9-13/h2-8H,1H3. The highest BCUT2D eigenvalue weighted by Crippen LogP contribution is 2.12. The number of hydrogen-bond acceptors (Lipinski definition) is 1. The summed E-state index contributed by atoms with van der Waals surface area (Å²) in [4.78, 5) is 0. The van der Waals surface area contributed by atoms with Crippen molar-refractivity contribution in [2.45, 2.75) is 6.92 Å². The van der Waals surface area contributed by atoms with E-state index in [1.54, 1.807) is 6.07 Å². The van der Waals surface area contributed by atoms with Crippen molar-refractivity contribution >= 4 is 0 Å². The van der Waals surface area contributed by atoms with Gasteiger partial charge in [-0.3, -0.25) is 0 Å². The van der Waals surface area contributed by atoms with Gasteiger partial charge in [-0.1, -0.05) is 17.7 Å². The summed E-state index contributed by atoms with van der Waals surface area (Å²) in [7, 11) is 0. The molecule has 0 saturated carbocycles. The minimum Gasteiger partial charge on any atom is -0.308 e. The SMILES string of the molecule is Cc1ccc(-n2cccc2C#N)cc1. The molecule has 0 saturated heterocycles. The molecule has 0 aliphatic carbocycles. The van der Waals surface area contributed by atoms with E-state index < -0.39 is 0 Å². The number of aryl methyl sites for hydroxylation is 1. The molecule has 0 N–H and O–H groups in total. The van der Waals surface area contributed by atoms with E-state index in [1.165, 1.54) is 5.56 Å². The summed E-state index contributed by atoms with van der Waals surface area (Å²) >= 11 is 0. The lowest BCUT2D eigenvalue weighted by molar-refractivity contribution is 1.05. The lowest BCUT2D eigenvalue weighted by atomic mass is 10.2. The monoisotopic (exact) mass is 182 g/mol. The number of nitrogens with zero attached hydrogens (tertiary/aromatic N) is 2. The lowest BCUT2D eigenvalue weighted by Crippen LogP contribution is -1.94.